The van der Waals surface area contributed by atoms with Gasteiger partial charge in [-0.2, -0.15) is 0 Å². The summed E-state index contributed by atoms with van der Waals surface area (Å²) in [5.74, 6) is -1.56. The SMILES string of the molecule is CCC(C)(Nc1cc(Cl)ccc1F)C(=O)O. The van der Waals surface area contributed by atoms with E-state index in [4.69, 9.17) is 16.7 Å². The van der Waals surface area contributed by atoms with Crippen molar-refractivity contribution in [2.75, 3.05) is 5.32 Å². The lowest BCUT2D eigenvalue weighted by molar-refractivity contribution is -0.141. The zero-order valence-electron chi connectivity index (χ0n) is 9.05. The summed E-state index contributed by atoms with van der Waals surface area (Å²) in [7, 11) is 0. The van der Waals surface area contributed by atoms with Crippen LogP contribution in [0.1, 0.15) is 20.3 Å². The topological polar surface area (TPSA) is 49.3 Å². The van der Waals surface area contributed by atoms with Crippen LogP contribution in [0.4, 0.5) is 10.1 Å². The second kappa shape index (κ2) is 4.70. The molecule has 0 aliphatic rings. The third kappa shape index (κ3) is 2.64. The van der Waals surface area contributed by atoms with Crippen LogP contribution >= 0.6 is 11.6 Å². The Balaban J connectivity index is 3.03. The molecule has 1 rings (SSSR count). The Morgan fingerprint density at radius 1 is 1.62 bits per heavy atom. The number of nitrogens with one attached hydrogen (secondary N) is 1. The molecule has 0 aliphatic heterocycles. The molecule has 0 heterocycles. The number of carbonyl (C=O) groups is 1. The van der Waals surface area contributed by atoms with Crippen LogP contribution in [0.5, 0.6) is 0 Å². The Kier molecular flexibility index (Phi) is 3.75. The first kappa shape index (κ1) is 12.8. The smallest absolute Gasteiger partial charge is 0.329 e. The van der Waals surface area contributed by atoms with Crippen LogP contribution in [0, 0.1) is 5.82 Å². The van der Waals surface area contributed by atoms with E-state index in [-0.39, 0.29) is 5.69 Å². The van der Waals surface area contributed by atoms with Crippen molar-refractivity contribution in [1.82, 2.24) is 0 Å². The Labute approximate surface area is 98.2 Å². The number of anilines is 1. The van der Waals surface area contributed by atoms with Crippen LogP contribution in [-0.2, 0) is 4.79 Å². The molecule has 0 amide bonds. The minimum atomic E-state index is -1.20. The van der Waals surface area contributed by atoms with Gasteiger partial charge in [-0.25, -0.2) is 9.18 Å². The summed E-state index contributed by atoms with van der Waals surface area (Å²) < 4.78 is 13.4. The van der Waals surface area contributed by atoms with Crippen LogP contribution in [0.3, 0.4) is 0 Å². The third-order valence-electron chi connectivity index (χ3n) is 2.52. The van der Waals surface area contributed by atoms with Gasteiger partial charge in [-0.05, 0) is 31.5 Å². The first-order chi connectivity index (χ1) is 7.39. The van der Waals surface area contributed by atoms with E-state index in [0.29, 0.717) is 11.4 Å². The van der Waals surface area contributed by atoms with Crippen LogP contribution in [0.25, 0.3) is 0 Å². The van der Waals surface area contributed by atoms with Crippen molar-refractivity contribution >= 4 is 23.3 Å². The number of carboxylic acid groups (broad SMARTS) is 1. The fourth-order valence-electron chi connectivity index (χ4n) is 1.18. The summed E-state index contributed by atoms with van der Waals surface area (Å²) in [6, 6.07) is 3.97. The van der Waals surface area contributed by atoms with Gasteiger partial charge >= 0.3 is 5.97 Å². The van der Waals surface area contributed by atoms with E-state index >= 15 is 0 Å². The number of hydrogen-bond donors (Lipinski definition) is 2. The predicted molar refractivity (Wildman–Crippen MR) is 61.4 cm³/mol. The largest absolute Gasteiger partial charge is 0.480 e. The molecule has 88 valence electrons. The van der Waals surface area contributed by atoms with Gasteiger partial charge in [0.15, 0.2) is 0 Å². The van der Waals surface area contributed by atoms with Gasteiger partial charge in [0.1, 0.15) is 11.4 Å². The summed E-state index contributed by atoms with van der Waals surface area (Å²) in [5.41, 5.74) is -1.11. The lowest BCUT2D eigenvalue weighted by Crippen LogP contribution is -2.42. The van der Waals surface area contributed by atoms with Crippen molar-refractivity contribution < 1.29 is 14.3 Å². The molecule has 0 aliphatic carbocycles. The second-order valence-electron chi connectivity index (χ2n) is 3.74. The number of aliphatic carboxylic acids is 1. The zero-order chi connectivity index (χ0) is 12.3. The van der Waals surface area contributed by atoms with Crippen molar-refractivity contribution in [3.8, 4) is 0 Å². The van der Waals surface area contributed by atoms with E-state index in [1.807, 2.05) is 0 Å². The number of benzene rings is 1. The van der Waals surface area contributed by atoms with Gasteiger partial charge in [0, 0.05) is 5.02 Å². The van der Waals surface area contributed by atoms with Gasteiger partial charge in [-0.3, -0.25) is 0 Å². The third-order valence-corrected chi connectivity index (χ3v) is 2.75. The lowest BCUT2D eigenvalue weighted by atomic mass is 9.99. The number of rotatable bonds is 4. The first-order valence-electron chi connectivity index (χ1n) is 4.85. The average molecular weight is 246 g/mol. The molecule has 0 radical (unpaired) electrons. The molecule has 1 aromatic rings. The fraction of sp³-hybridized carbons (Fsp3) is 0.364. The molecular formula is C11H13ClFNO2. The highest BCUT2D eigenvalue weighted by molar-refractivity contribution is 6.30. The van der Waals surface area contributed by atoms with Gasteiger partial charge < -0.3 is 10.4 Å². The van der Waals surface area contributed by atoms with Crippen molar-refractivity contribution in [1.29, 1.82) is 0 Å². The highest BCUT2D eigenvalue weighted by atomic mass is 35.5. The summed E-state index contributed by atoms with van der Waals surface area (Å²) in [5, 5.41) is 12.0. The molecule has 1 unspecified atom stereocenters. The summed E-state index contributed by atoms with van der Waals surface area (Å²) in [6.45, 7) is 3.21. The van der Waals surface area contributed by atoms with Crippen molar-refractivity contribution in [3.63, 3.8) is 0 Å². The maximum atomic E-state index is 13.4. The standard InChI is InChI=1S/C11H13ClFNO2/c1-3-11(2,10(15)16)14-9-6-7(12)4-5-8(9)13/h4-6,14H,3H2,1-2H3,(H,15,16). The monoisotopic (exact) mass is 245 g/mol. The molecule has 0 aromatic heterocycles. The molecule has 0 bridgehead atoms. The molecule has 0 fully saturated rings. The van der Waals surface area contributed by atoms with Crippen LogP contribution in [0.15, 0.2) is 18.2 Å². The Morgan fingerprint density at radius 2 is 2.25 bits per heavy atom. The van der Waals surface area contributed by atoms with E-state index in [1.165, 1.54) is 25.1 Å². The molecule has 0 saturated carbocycles. The highest BCUT2D eigenvalue weighted by Crippen LogP contribution is 2.24. The fourth-order valence-corrected chi connectivity index (χ4v) is 1.36. The van der Waals surface area contributed by atoms with Crippen molar-refractivity contribution in [2.45, 2.75) is 25.8 Å². The summed E-state index contributed by atoms with van der Waals surface area (Å²) in [6.07, 6.45) is 0.328. The van der Waals surface area contributed by atoms with Gasteiger partial charge in [0.2, 0.25) is 0 Å². The molecule has 16 heavy (non-hydrogen) atoms. The lowest BCUT2D eigenvalue weighted by Gasteiger charge is -2.26. The average Bonchev–Trinajstić information content (AvgIpc) is 2.23. The van der Waals surface area contributed by atoms with Crippen LogP contribution in [-0.4, -0.2) is 16.6 Å². The minimum Gasteiger partial charge on any atom is -0.480 e. The number of halogens is 2. The first-order valence-corrected chi connectivity index (χ1v) is 5.23. The second-order valence-corrected chi connectivity index (χ2v) is 4.18. The molecule has 1 atom stereocenters. The molecule has 2 N–H and O–H groups in total. The molecule has 0 saturated heterocycles. The Bertz CT molecular complexity index is 411. The van der Waals surface area contributed by atoms with Crippen LogP contribution < -0.4 is 5.32 Å². The number of hydrogen-bond acceptors (Lipinski definition) is 2. The predicted octanol–water partition coefficient (Wildman–Crippen LogP) is 3.14. The van der Waals surface area contributed by atoms with Gasteiger partial charge in [0.25, 0.3) is 0 Å². The van der Waals surface area contributed by atoms with E-state index in [9.17, 15) is 9.18 Å². The molecule has 1 aromatic carbocycles. The van der Waals surface area contributed by atoms with E-state index in [2.05, 4.69) is 5.32 Å². The molecular weight excluding hydrogens is 233 g/mol. The van der Waals surface area contributed by atoms with Crippen molar-refractivity contribution in [3.05, 3.63) is 29.0 Å². The summed E-state index contributed by atoms with van der Waals surface area (Å²) >= 11 is 5.71. The summed E-state index contributed by atoms with van der Waals surface area (Å²) in [4.78, 5) is 11.0. The molecule has 3 nitrogen and oxygen atoms in total. The quantitative estimate of drug-likeness (QED) is 0.857. The zero-order valence-corrected chi connectivity index (χ0v) is 9.81. The minimum absolute atomic E-state index is 0.0965. The maximum absolute atomic E-state index is 13.4. The normalized spacial score (nSPS) is 14.2. The van der Waals surface area contributed by atoms with E-state index in [0.717, 1.165) is 0 Å². The van der Waals surface area contributed by atoms with Gasteiger partial charge in [-0.15, -0.1) is 0 Å². The molecule has 0 spiro atoms. The van der Waals surface area contributed by atoms with E-state index < -0.39 is 17.3 Å². The van der Waals surface area contributed by atoms with Crippen LogP contribution in [0.2, 0.25) is 5.02 Å². The number of carboxylic acids is 1. The highest BCUT2D eigenvalue weighted by Gasteiger charge is 2.31. The van der Waals surface area contributed by atoms with Gasteiger partial charge in [0.05, 0.1) is 5.69 Å². The Hall–Kier alpha value is -1.29. The maximum Gasteiger partial charge on any atom is 0.329 e. The van der Waals surface area contributed by atoms with Crippen molar-refractivity contribution in [2.24, 2.45) is 0 Å². The van der Waals surface area contributed by atoms with E-state index in [1.54, 1.807) is 6.92 Å². The molecule has 5 heteroatoms. The Morgan fingerprint density at radius 3 is 2.75 bits per heavy atom. The van der Waals surface area contributed by atoms with Gasteiger partial charge in [-0.1, -0.05) is 18.5 Å².